The molecule has 0 saturated carbocycles. The number of unbranched alkanes of at least 4 members (excludes halogenated alkanes) is 1. The van der Waals surface area contributed by atoms with Crippen LogP contribution in [0.4, 0.5) is 0 Å². The average Bonchev–Trinajstić information content (AvgIpc) is 2.59. The summed E-state index contributed by atoms with van der Waals surface area (Å²) in [5, 5.41) is 0. The van der Waals surface area contributed by atoms with Crippen LogP contribution in [-0.2, 0) is 6.54 Å². The molecule has 0 spiro atoms. The minimum Gasteiger partial charge on any atom is -0.330 e. The van der Waals surface area contributed by atoms with Gasteiger partial charge in [0.15, 0.2) is 0 Å². The molecule has 0 saturated heterocycles. The molecule has 74 valence electrons. The minimum atomic E-state index is 0.954. The molecule has 0 atom stereocenters. The Labute approximate surface area is 91.3 Å². The van der Waals surface area contributed by atoms with Crippen LogP contribution in [0.3, 0.4) is 0 Å². The van der Waals surface area contributed by atoms with E-state index in [1.165, 1.54) is 12.8 Å². The van der Waals surface area contributed by atoms with Crippen LogP contribution < -0.4 is 0 Å². The van der Waals surface area contributed by atoms with Gasteiger partial charge in [-0.15, -0.1) is 0 Å². The van der Waals surface area contributed by atoms with E-state index >= 15 is 0 Å². The number of fused-ring (bicyclic) bond motifs is 1. The molecule has 14 heavy (non-hydrogen) atoms. The number of halogens is 1. The molecule has 0 bridgehead atoms. The number of nitrogens with zero attached hydrogens (tertiary/aromatic N) is 3. The molecule has 2 aromatic rings. The molecule has 0 fully saturated rings. The highest BCUT2D eigenvalue weighted by Crippen LogP contribution is 2.21. The average molecular weight is 254 g/mol. The molecule has 0 aliphatic carbocycles. The molecule has 2 aromatic heterocycles. The van der Waals surface area contributed by atoms with Crippen LogP contribution in [0.2, 0.25) is 0 Å². The fourth-order valence-electron chi connectivity index (χ4n) is 1.48. The number of aromatic nitrogens is 3. The van der Waals surface area contributed by atoms with Crippen molar-refractivity contribution in [2.75, 3.05) is 0 Å². The second-order valence-electron chi connectivity index (χ2n) is 3.28. The number of hydrogen-bond acceptors (Lipinski definition) is 2. The molecule has 3 nitrogen and oxygen atoms in total. The third-order valence-corrected chi connectivity index (χ3v) is 2.81. The molecule has 0 aliphatic heterocycles. The summed E-state index contributed by atoms with van der Waals surface area (Å²) in [6, 6.07) is 0. The fourth-order valence-corrected chi connectivity index (χ4v) is 2.03. The number of rotatable bonds is 3. The molecule has 0 aliphatic rings. The lowest BCUT2D eigenvalue weighted by atomic mass is 10.3. The predicted octanol–water partition coefficient (Wildman–Crippen LogP) is 2.99. The number of aryl methyl sites for hydroxylation is 1. The molecular formula is C10H12BrN3. The monoisotopic (exact) mass is 253 g/mol. The number of imidazole rings is 1. The highest BCUT2D eigenvalue weighted by atomic mass is 79.9. The van der Waals surface area contributed by atoms with Gasteiger partial charge in [0.1, 0.15) is 5.52 Å². The lowest BCUT2D eigenvalue weighted by molar-refractivity contribution is 0.645. The Bertz CT molecular complexity index is 436. The molecule has 2 rings (SSSR count). The molecular weight excluding hydrogens is 242 g/mol. The van der Waals surface area contributed by atoms with Crippen molar-refractivity contribution in [1.82, 2.24) is 14.5 Å². The van der Waals surface area contributed by atoms with Gasteiger partial charge in [-0.1, -0.05) is 13.3 Å². The van der Waals surface area contributed by atoms with E-state index in [1.807, 2.05) is 12.5 Å². The maximum atomic E-state index is 4.30. The summed E-state index contributed by atoms with van der Waals surface area (Å²) in [7, 11) is 0. The van der Waals surface area contributed by atoms with Crippen molar-refractivity contribution in [2.45, 2.75) is 26.3 Å². The Morgan fingerprint density at radius 3 is 3.07 bits per heavy atom. The Morgan fingerprint density at radius 1 is 1.43 bits per heavy atom. The van der Waals surface area contributed by atoms with Crippen LogP contribution in [0.25, 0.3) is 11.0 Å². The van der Waals surface area contributed by atoms with E-state index in [0.717, 1.165) is 22.1 Å². The summed E-state index contributed by atoms with van der Waals surface area (Å²) in [5.41, 5.74) is 2.10. The highest BCUT2D eigenvalue weighted by Gasteiger charge is 2.05. The smallest absolute Gasteiger partial charge is 0.108 e. The Hall–Kier alpha value is -0.900. The Morgan fingerprint density at radius 2 is 2.29 bits per heavy atom. The zero-order valence-corrected chi connectivity index (χ0v) is 9.66. The summed E-state index contributed by atoms with van der Waals surface area (Å²) < 4.78 is 3.19. The van der Waals surface area contributed by atoms with E-state index in [1.54, 1.807) is 6.20 Å². The first kappa shape index (κ1) is 9.65. The summed E-state index contributed by atoms with van der Waals surface area (Å²) in [6.45, 7) is 3.21. The van der Waals surface area contributed by atoms with Crippen molar-refractivity contribution in [3.63, 3.8) is 0 Å². The van der Waals surface area contributed by atoms with E-state index in [2.05, 4.69) is 37.4 Å². The normalized spacial score (nSPS) is 11.0. The zero-order valence-electron chi connectivity index (χ0n) is 8.07. The van der Waals surface area contributed by atoms with Gasteiger partial charge in [-0.05, 0) is 22.4 Å². The summed E-state index contributed by atoms with van der Waals surface area (Å²) in [4.78, 5) is 8.39. The van der Waals surface area contributed by atoms with Crippen molar-refractivity contribution in [3.05, 3.63) is 23.2 Å². The third kappa shape index (κ3) is 1.66. The zero-order chi connectivity index (χ0) is 9.97. The van der Waals surface area contributed by atoms with Crippen LogP contribution >= 0.6 is 15.9 Å². The van der Waals surface area contributed by atoms with Gasteiger partial charge >= 0.3 is 0 Å². The molecule has 0 unspecified atom stereocenters. The lowest BCUT2D eigenvalue weighted by Gasteiger charge is -2.03. The summed E-state index contributed by atoms with van der Waals surface area (Å²) in [6.07, 6.45) is 7.87. The van der Waals surface area contributed by atoms with Crippen molar-refractivity contribution < 1.29 is 0 Å². The molecule has 2 heterocycles. The minimum absolute atomic E-state index is 0.954. The van der Waals surface area contributed by atoms with Crippen LogP contribution in [0.1, 0.15) is 19.8 Å². The molecule has 0 amide bonds. The Kier molecular flexibility index (Phi) is 2.82. The van der Waals surface area contributed by atoms with Gasteiger partial charge in [0.05, 0.1) is 22.5 Å². The number of hydrogen-bond donors (Lipinski definition) is 0. The number of pyridine rings is 1. The van der Waals surface area contributed by atoms with Crippen molar-refractivity contribution in [2.24, 2.45) is 0 Å². The van der Waals surface area contributed by atoms with E-state index in [0.29, 0.717) is 0 Å². The Balaban J connectivity index is 2.45. The van der Waals surface area contributed by atoms with Crippen LogP contribution in [-0.4, -0.2) is 14.5 Å². The van der Waals surface area contributed by atoms with Crippen molar-refractivity contribution in [3.8, 4) is 0 Å². The molecule has 0 radical (unpaired) electrons. The van der Waals surface area contributed by atoms with Crippen molar-refractivity contribution >= 4 is 27.0 Å². The third-order valence-electron chi connectivity index (χ3n) is 2.23. The first-order valence-corrected chi connectivity index (χ1v) is 5.56. The fraction of sp³-hybridized carbons (Fsp3) is 0.400. The van der Waals surface area contributed by atoms with Gasteiger partial charge in [-0.25, -0.2) is 4.98 Å². The first-order valence-electron chi connectivity index (χ1n) is 4.77. The van der Waals surface area contributed by atoms with Crippen LogP contribution in [0.15, 0.2) is 23.2 Å². The van der Waals surface area contributed by atoms with E-state index in [4.69, 9.17) is 0 Å². The van der Waals surface area contributed by atoms with Gasteiger partial charge in [-0.2, -0.15) is 0 Å². The maximum Gasteiger partial charge on any atom is 0.108 e. The summed E-state index contributed by atoms with van der Waals surface area (Å²) in [5.74, 6) is 0. The van der Waals surface area contributed by atoms with E-state index < -0.39 is 0 Å². The maximum absolute atomic E-state index is 4.30. The SMILES string of the molecule is CCCCn1cnc2cncc(Br)c21. The van der Waals surface area contributed by atoms with Gasteiger partial charge < -0.3 is 4.57 Å². The molecule has 4 heteroatoms. The second kappa shape index (κ2) is 4.09. The van der Waals surface area contributed by atoms with Gasteiger partial charge in [0.2, 0.25) is 0 Å². The largest absolute Gasteiger partial charge is 0.330 e. The standard InChI is InChI=1S/C10H12BrN3/c1-2-3-4-14-7-13-9-6-12-5-8(11)10(9)14/h5-7H,2-4H2,1H3. The molecule has 0 aromatic carbocycles. The van der Waals surface area contributed by atoms with Gasteiger partial charge in [-0.3, -0.25) is 4.98 Å². The van der Waals surface area contributed by atoms with Crippen molar-refractivity contribution in [1.29, 1.82) is 0 Å². The van der Waals surface area contributed by atoms with Crippen LogP contribution in [0.5, 0.6) is 0 Å². The van der Waals surface area contributed by atoms with Gasteiger partial charge in [0.25, 0.3) is 0 Å². The highest BCUT2D eigenvalue weighted by molar-refractivity contribution is 9.10. The molecule has 0 N–H and O–H groups in total. The van der Waals surface area contributed by atoms with Gasteiger partial charge in [0, 0.05) is 12.7 Å². The topological polar surface area (TPSA) is 30.7 Å². The van der Waals surface area contributed by atoms with E-state index in [-0.39, 0.29) is 0 Å². The quantitative estimate of drug-likeness (QED) is 0.842. The summed E-state index contributed by atoms with van der Waals surface area (Å²) >= 11 is 3.50. The predicted molar refractivity (Wildman–Crippen MR) is 60.1 cm³/mol. The van der Waals surface area contributed by atoms with E-state index in [9.17, 15) is 0 Å². The first-order chi connectivity index (χ1) is 6.83. The second-order valence-corrected chi connectivity index (χ2v) is 4.13. The van der Waals surface area contributed by atoms with Crippen LogP contribution in [0, 0.1) is 0 Å². The lowest BCUT2D eigenvalue weighted by Crippen LogP contribution is -1.95.